The average molecular weight is 259 g/mol. The minimum atomic E-state index is 0. The molecule has 0 radical (unpaired) electrons. The highest BCUT2D eigenvalue weighted by Gasteiger charge is 2.24. The molecule has 1 aromatic heterocycles. The van der Waals surface area contributed by atoms with Crippen LogP contribution in [-0.2, 0) is 24.8 Å². The number of aromatic nitrogens is 2. The van der Waals surface area contributed by atoms with Gasteiger partial charge < -0.3 is 10.6 Å². The van der Waals surface area contributed by atoms with E-state index in [0.717, 1.165) is 30.8 Å². The molecule has 0 atom stereocenters. The van der Waals surface area contributed by atoms with Gasteiger partial charge in [0.05, 0.1) is 11.6 Å². The van der Waals surface area contributed by atoms with E-state index in [0.29, 0.717) is 6.54 Å². The predicted molar refractivity (Wildman–Crippen MR) is 68.0 cm³/mol. The molecule has 2 heterocycles. The summed E-state index contributed by atoms with van der Waals surface area (Å²) >= 11 is 0. The third-order valence-electron chi connectivity index (χ3n) is 2.93. The molecule has 5 nitrogen and oxygen atoms in total. The minimum Gasteiger partial charge on any atom is -0.352 e. The monoisotopic (exact) mass is 258 g/mol. The summed E-state index contributed by atoms with van der Waals surface area (Å²) in [4.78, 5) is 11.6. The van der Waals surface area contributed by atoms with Crippen molar-refractivity contribution in [1.82, 2.24) is 20.4 Å². The van der Waals surface area contributed by atoms with Crippen molar-refractivity contribution in [3.63, 3.8) is 0 Å². The molecule has 0 bridgehead atoms. The number of nitrogens with one attached hydrogen (secondary N) is 2. The van der Waals surface area contributed by atoms with E-state index in [9.17, 15) is 4.79 Å². The van der Waals surface area contributed by atoms with Gasteiger partial charge in [-0.3, -0.25) is 9.48 Å². The first-order valence-electron chi connectivity index (χ1n) is 5.70. The first-order valence-corrected chi connectivity index (χ1v) is 5.70. The Kier molecular flexibility index (Phi) is 4.96. The highest BCUT2D eigenvalue weighted by Crippen LogP contribution is 2.08. The summed E-state index contributed by atoms with van der Waals surface area (Å²) in [6.07, 6.45) is 2.87. The van der Waals surface area contributed by atoms with Gasteiger partial charge in [-0.15, -0.1) is 12.4 Å². The highest BCUT2D eigenvalue weighted by molar-refractivity contribution is 5.85. The number of rotatable bonds is 4. The lowest BCUT2D eigenvalue weighted by Crippen LogP contribution is -2.50. The zero-order valence-electron chi connectivity index (χ0n) is 10.2. The van der Waals surface area contributed by atoms with E-state index in [1.165, 1.54) is 0 Å². The molecular weight excluding hydrogens is 240 g/mol. The summed E-state index contributed by atoms with van der Waals surface area (Å²) in [5, 5.41) is 10.4. The van der Waals surface area contributed by atoms with Gasteiger partial charge in [0, 0.05) is 38.4 Å². The molecule has 2 N–H and O–H groups in total. The Morgan fingerprint density at radius 3 is 2.88 bits per heavy atom. The topological polar surface area (TPSA) is 59.0 Å². The van der Waals surface area contributed by atoms with Crippen molar-refractivity contribution >= 4 is 18.3 Å². The molecule has 1 aromatic rings. The van der Waals surface area contributed by atoms with E-state index >= 15 is 0 Å². The number of carbonyl (C=O) groups excluding carboxylic acids is 1. The number of nitrogens with zero attached hydrogens (tertiary/aromatic N) is 2. The van der Waals surface area contributed by atoms with Crippen LogP contribution in [0.3, 0.4) is 0 Å². The molecule has 1 amide bonds. The van der Waals surface area contributed by atoms with Gasteiger partial charge in [-0.2, -0.15) is 5.10 Å². The second-order valence-corrected chi connectivity index (χ2v) is 4.20. The highest BCUT2D eigenvalue weighted by atomic mass is 35.5. The van der Waals surface area contributed by atoms with Crippen LogP contribution in [0, 0.1) is 5.92 Å². The van der Waals surface area contributed by atoms with Gasteiger partial charge in [0.25, 0.3) is 0 Å². The summed E-state index contributed by atoms with van der Waals surface area (Å²) in [5.41, 5.74) is 2.18. The van der Waals surface area contributed by atoms with E-state index in [1.54, 1.807) is 4.68 Å². The van der Waals surface area contributed by atoms with E-state index < -0.39 is 0 Å². The zero-order chi connectivity index (χ0) is 11.5. The Morgan fingerprint density at radius 1 is 1.65 bits per heavy atom. The number of hydrogen-bond donors (Lipinski definition) is 2. The SMILES string of the molecule is CCc1nn(C)cc1CNC(=O)C1CNC1.Cl. The van der Waals surface area contributed by atoms with Crippen LogP contribution in [0.25, 0.3) is 0 Å². The van der Waals surface area contributed by atoms with Crippen LogP contribution >= 0.6 is 12.4 Å². The molecular formula is C11H19ClN4O. The number of carbonyl (C=O) groups is 1. The molecule has 1 aliphatic rings. The van der Waals surface area contributed by atoms with Gasteiger partial charge in [0.1, 0.15) is 0 Å². The molecule has 1 fully saturated rings. The lowest BCUT2D eigenvalue weighted by atomic mass is 10.0. The summed E-state index contributed by atoms with van der Waals surface area (Å²) in [7, 11) is 1.90. The van der Waals surface area contributed by atoms with Crippen molar-refractivity contribution in [2.24, 2.45) is 13.0 Å². The van der Waals surface area contributed by atoms with E-state index in [-0.39, 0.29) is 24.2 Å². The normalized spacial score (nSPS) is 14.9. The Balaban J connectivity index is 0.00000144. The Bertz CT molecular complexity index is 387. The Labute approximate surface area is 107 Å². The van der Waals surface area contributed by atoms with Crippen LogP contribution in [0.5, 0.6) is 0 Å². The fraction of sp³-hybridized carbons (Fsp3) is 0.636. The van der Waals surface area contributed by atoms with Gasteiger partial charge in [0.15, 0.2) is 0 Å². The first-order chi connectivity index (χ1) is 7.70. The predicted octanol–water partition coefficient (Wildman–Crippen LogP) is 0.240. The maximum atomic E-state index is 11.6. The Morgan fingerprint density at radius 2 is 2.35 bits per heavy atom. The quantitative estimate of drug-likeness (QED) is 0.814. The second-order valence-electron chi connectivity index (χ2n) is 4.20. The van der Waals surface area contributed by atoms with Crippen LogP contribution in [0.4, 0.5) is 0 Å². The number of hydrogen-bond acceptors (Lipinski definition) is 3. The number of amides is 1. The lowest BCUT2D eigenvalue weighted by molar-refractivity contribution is -0.126. The summed E-state index contributed by atoms with van der Waals surface area (Å²) < 4.78 is 1.80. The zero-order valence-corrected chi connectivity index (χ0v) is 11.0. The van der Waals surface area contributed by atoms with Crippen molar-refractivity contribution in [2.45, 2.75) is 19.9 Å². The molecule has 1 aliphatic heterocycles. The molecule has 0 aromatic carbocycles. The van der Waals surface area contributed by atoms with Crippen molar-refractivity contribution in [3.05, 3.63) is 17.5 Å². The van der Waals surface area contributed by atoms with E-state index in [2.05, 4.69) is 22.7 Å². The third kappa shape index (κ3) is 3.20. The third-order valence-corrected chi connectivity index (χ3v) is 2.93. The number of aryl methyl sites for hydroxylation is 2. The number of halogens is 1. The fourth-order valence-electron chi connectivity index (χ4n) is 1.83. The molecule has 0 unspecified atom stereocenters. The molecule has 0 spiro atoms. The standard InChI is InChI=1S/C11H18N4O.ClH/c1-3-10-9(7-15(2)14-10)6-13-11(16)8-4-12-5-8;/h7-8,12H,3-6H2,1-2H3,(H,13,16);1H. The van der Waals surface area contributed by atoms with E-state index in [4.69, 9.17) is 0 Å². The van der Waals surface area contributed by atoms with Crippen LogP contribution < -0.4 is 10.6 Å². The first kappa shape index (κ1) is 14.0. The van der Waals surface area contributed by atoms with Gasteiger partial charge in [-0.05, 0) is 6.42 Å². The molecule has 2 rings (SSSR count). The van der Waals surface area contributed by atoms with Gasteiger partial charge in [0.2, 0.25) is 5.91 Å². The molecule has 0 saturated carbocycles. The Hall–Kier alpha value is -1.07. The minimum absolute atomic E-state index is 0. The molecule has 96 valence electrons. The largest absolute Gasteiger partial charge is 0.352 e. The smallest absolute Gasteiger partial charge is 0.225 e. The second kappa shape index (κ2) is 6.02. The summed E-state index contributed by atoms with van der Waals surface area (Å²) in [6.45, 7) is 4.27. The summed E-state index contributed by atoms with van der Waals surface area (Å²) in [5.74, 6) is 0.298. The van der Waals surface area contributed by atoms with Crippen LogP contribution in [0.2, 0.25) is 0 Å². The van der Waals surface area contributed by atoms with Gasteiger partial charge in [-0.1, -0.05) is 6.92 Å². The maximum Gasteiger partial charge on any atom is 0.225 e. The molecule has 0 aliphatic carbocycles. The van der Waals surface area contributed by atoms with Gasteiger partial charge in [-0.25, -0.2) is 0 Å². The van der Waals surface area contributed by atoms with Crippen molar-refractivity contribution in [2.75, 3.05) is 13.1 Å². The average Bonchev–Trinajstić information content (AvgIpc) is 2.53. The molecule has 1 saturated heterocycles. The lowest BCUT2D eigenvalue weighted by Gasteiger charge is -2.25. The van der Waals surface area contributed by atoms with Crippen LogP contribution in [0.1, 0.15) is 18.2 Å². The van der Waals surface area contributed by atoms with Crippen LogP contribution in [0.15, 0.2) is 6.20 Å². The molecule has 17 heavy (non-hydrogen) atoms. The van der Waals surface area contributed by atoms with Crippen molar-refractivity contribution < 1.29 is 4.79 Å². The fourth-order valence-corrected chi connectivity index (χ4v) is 1.83. The maximum absolute atomic E-state index is 11.6. The van der Waals surface area contributed by atoms with Crippen molar-refractivity contribution in [3.8, 4) is 0 Å². The van der Waals surface area contributed by atoms with Crippen LogP contribution in [-0.4, -0.2) is 28.8 Å². The van der Waals surface area contributed by atoms with Crippen molar-refractivity contribution in [1.29, 1.82) is 0 Å². The van der Waals surface area contributed by atoms with E-state index in [1.807, 2.05) is 13.2 Å². The molecule has 6 heteroatoms. The van der Waals surface area contributed by atoms with Gasteiger partial charge >= 0.3 is 0 Å². The summed E-state index contributed by atoms with van der Waals surface area (Å²) in [6, 6.07) is 0.